The highest BCUT2D eigenvalue weighted by atomic mass is 16.5. The fraction of sp³-hybridized carbons (Fsp3) is 0.500. The molecule has 1 saturated heterocycles. The largest absolute Gasteiger partial charge is 0.467 e. The molecule has 2 atom stereocenters. The molecule has 136 valence electrons. The number of nitrogens with one attached hydrogen (secondary N) is 1. The van der Waals surface area contributed by atoms with E-state index in [0.717, 1.165) is 0 Å². The van der Waals surface area contributed by atoms with Crippen molar-refractivity contribution in [1.29, 1.82) is 0 Å². The third-order valence-corrected chi connectivity index (χ3v) is 3.83. The summed E-state index contributed by atoms with van der Waals surface area (Å²) in [5, 5.41) is 1.90. The molecule has 1 fully saturated rings. The smallest absolute Gasteiger partial charge is 0.318 e. The zero-order valence-electron chi connectivity index (χ0n) is 14.1. The van der Waals surface area contributed by atoms with Crippen molar-refractivity contribution in [2.24, 2.45) is 17.6 Å². The van der Waals surface area contributed by atoms with Crippen LogP contribution in [0.1, 0.15) is 26.0 Å². The predicted octanol–water partition coefficient (Wildman–Crippen LogP) is 0.391. The number of carbonyl (C=O) groups excluding carboxylic acids is 4. The summed E-state index contributed by atoms with van der Waals surface area (Å²) in [6, 6.07) is 2.43. The van der Waals surface area contributed by atoms with Crippen LogP contribution in [0.25, 0.3) is 0 Å². The Morgan fingerprint density at radius 2 is 2.16 bits per heavy atom. The Kier molecular flexibility index (Phi) is 5.79. The molecule has 9 heteroatoms. The molecule has 1 aromatic heterocycles. The lowest BCUT2D eigenvalue weighted by Gasteiger charge is -2.21. The van der Waals surface area contributed by atoms with Gasteiger partial charge >= 0.3 is 12.0 Å². The van der Waals surface area contributed by atoms with Crippen molar-refractivity contribution in [3.8, 4) is 0 Å². The molecule has 1 aromatic rings. The second-order valence-electron chi connectivity index (χ2n) is 6.21. The van der Waals surface area contributed by atoms with E-state index in [1.807, 2.05) is 5.32 Å². The first-order valence-corrected chi connectivity index (χ1v) is 7.89. The lowest BCUT2D eigenvalue weighted by molar-refractivity contribution is -0.162. The van der Waals surface area contributed by atoms with Crippen LogP contribution in [0.4, 0.5) is 4.79 Å². The van der Waals surface area contributed by atoms with Gasteiger partial charge in [-0.1, -0.05) is 13.8 Å². The van der Waals surface area contributed by atoms with Crippen LogP contribution in [0.2, 0.25) is 0 Å². The van der Waals surface area contributed by atoms with Crippen molar-refractivity contribution in [3.05, 3.63) is 24.2 Å². The number of hydrogen-bond donors (Lipinski definition) is 2. The summed E-state index contributed by atoms with van der Waals surface area (Å²) in [4.78, 5) is 48.6. The van der Waals surface area contributed by atoms with Gasteiger partial charge < -0.3 is 19.8 Å². The SMILES string of the molecule is CC(C)[C@@H](OC(=O)[C@H]1CC(=O)N(Cc2ccco2)C1)C(=O)NC(N)=O. The van der Waals surface area contributed by atoms with E-state index >= 15 is 0 Å². The molecule has 0 aromatic carbocycles. The number of amides is 4. The minimum atomic E-state index is -1.16. The van der Waals surface area contributed by atoms with Crippen LogP contribution in [0.5, 0.6) is 0 Å². The van der Waals surface area contributed by atoms with Gasteiger partial charge in [-0.3, -0.25) is 19.7 Å². The van der Waals surface area contributed by atoms with Crippen LogP contribution >= 0.6 is 0 Å². The normalized spacial score (nSPS) is 18.3. The van der Waals surface area contributed by atoms with E-state index in [9.17, 15) is 19.2 Å². The van der Waals surface area contributed by atoms with Crippen molar-refractivity contribution >= 4 is 23.8 Å². The van der Waals surface area contributed by atoms with Gasteiger partial charge in [0.05, 0.1) is 18.7 Å². The van der Waals surface area contributed by atoms with Gasteiger partial charge in [0.25, 0.3) is 5.91 Å². The maximum absolute atomic E-state index is 12.3. The van der Waals surface area contributed by atoms with Crippen LogP contribution in [-0.4, -0.2) is 41.4 Å². The van der Waals surface area contributed by atoms with E-state index in [2.05, 4.69) is 0 Å². The zero-order chi connectivity index (χ0) is 18.6. The summed E-state index contributed by atoms with van der Waals surface area (Å²) in [5.74, 6) is -2.06. The van der Waals surface area contributed by atoms with E-state index in [-0.39, 0.29) is 31.3 Å². The minimum absolute atomic E-state index is 0.00178. The van der Waals surface area contributed by atoms with Crippen LogP contribution in [0, 0.1) is 11.8 Å². The van der Waals surface area contributed by atoms with Gasteiger partial charge in [-0.15, -0.1) is 0 Å². The first kappa shape index (κ1) is 18.5. The zero-order valence-corrected chi connectivity index (χ0v) is 14.1. The highest BCUT2D eigenvalue weighted by Crippen LogP contribution is 2.23. The minimum Gasteiger partial charge on any atom is -0.467 e. The van der Waals surface area contributed by atoms with Gasteiger partial charge in [-0.05, 0) is 18.1 Å². The third-order valence-electron chi connectivity index (χ3n) is 3.83. The number of nitrogens with zero attached hydrogens (tertiary/aromatic N) is 1. The molecule has 4 amide bonds. The van der Waals surface area contributed by atoms with E-state index in [1.54, 1.807) is 26.0 Å². The average Bonchev–Trinajstić information content (AvgIpc) is 3.14. The van der Waals surface area contributed by atoms with Crippen LogP contribution in [0.3, 0.4) is 0 Å². The summed E-state index contributed by atoms with van der Waals surface area (Å²) in [6.07, 6.45) is 0.350. The lowest BCUT2D eigenvalue weighted by Crippen LogP contribution is -2.46. The molecule has 0 spiro atoms. The average molecular weight is 351 g/mol. The highest BCUT2D eigenvalue weighted by Gasteiger charge is 2.38. The summed E-state index contributed by atoms with van der Waals surface area (Å²) >= 11 is 0. The summed E-state index contributed by atoms with van der Waals surface area (Å²) in [7, 11) is 0. The number of esters is 1. The Labute approximate surface area is 144 Å². The maximum atomic E-state index is 12.3. The number of nitrogens with two attached hydrogens (primary N) is 1. The van der Waals surface area contributed by atoms with Crippen molar-refractivity contribution < 1.29 is 28.3 Å². The number of carbonyl (C=O) groups is 4. The predicted molar refractivity (Wildman–Crippen MR) is 84.7 cm³/mol. The fourth-order valence-corrected chi connectivity index (χ4v) is 2.58. The number of rotatable bonds is 6. The van der Waals surface area contributed by atoms with Crippen LogP contribution in [0.15, 0.2) is 22.8 Å². The summed E-state index contributed by atoms with van der Waals surface area (Å²) in [6.45, 7) is 3.79. The van der Waals surface area contributed by atoms with Gasteiger partial charge in [-0.25, -0.2) is 4.79 Å². The van der Waals surface area contributed by atoms with Gasteiger partial charge in [-0.2, -0.15) is 0 Å². The summed E-state index contributed by atoms with van der Waals surface area (Å²) in [5.41, 5.74) is 4.91. The lowest BCUT2D eigenvalue weighted by atomic mass is 10.1. The van der Waals surface area contributed by atoms with Gasteiger partial charge in [0, 0.05) is 13.0 Å². The van der Waals surface area contributed by atoms with E-state index < -0.39 is 29.9 Å². The molecule has 2 heterocycles. The monoisotopic (exact) mass is 351 g/mol. The van der Waals surface area contributed by atoms with Gasteiger partial charge in [0.1, 0.15) is 5.76 Å². The Balaban J connectivity index is 1.96. The molecule has 0 radical (unpaired) electrons. The van der Waals surface area contributed by atoms with Gasteiger partial charge in [0.15, 0.2) is 6.10 Å². The number of primary amides is 1. The van der Waals surface area contributed by atoms with Crippen molar-refractivity contribution in [3.63, 3.8) is 0 Å². The molecule has 3 N–H and O–H groups in total. The molecule has 0 unspecified atom stereocenters. The topological polar surface area (TPSA) is 132 Å². The van der Waals surface area contributed by atoms with E-state index in [0.29, 0.717) is 5.76 Å². The molecular formula is C16H21N3O6. The molecule has 2 rings (SSSR count). The molecule has 0 bridgehead atoms. The Morgan fingerprint density at radius 1 is 1.44 bits per heavy atom. The Bertz CT molecular complexity index is 655. The number of hydrogen-bond acceptors (Lipinski definition) is 6. The van der Waals surface area contributed by atoms with Crippen molar-refractivity contribution in [2.45, 2.75) is 32.9 Å². The molecule has 9 nitrogen and oxygen atoms in total. The molecular weight excluding hydrogens is 330 g/mol. The number of urea groups is 1. The molecule has 1 aliphatic heterocycles. The van der Waals surface area contributed by atoms with E-state index in [1.165, 1.54) is 11.2 Å². The quantitative estimate of drug-likeness (QED) is 0.713. The number of imide groups is 1. The first-order chi connectivity index (χ1) is 11.8. The van der Waals surface area contributed by atoms with E-state index in [4.69, 9.17) is 14.9 Å². The second kappa shape index (κ2) is 7.82. The van der Waals surface area contributed by atoms with Crippen LogP contribution < -0.4 is 11.1 Å². The molecule has 25 heavy (non-hydrogen) atoms. The first-order valence-electron chi connectivity index (χ1n) is 7.89. The standard InChI is InChI=1S/C16H21N3O6/c1-9(2)13(14(21)18-16(17)23)25-15(22)10-6-12(20)19(7-10)8-11-4-3-5-24-11/h3-5,9-10,13H,6-8H2,1-2H3,(H3,17,18,21,23)/t10-,13+/m0/s1. The van der Waals surface area contributed by atoms with Crippen molar-refractivity contribution in [1.82, 2.24) is 10.2 Å². The Morgan fingerprint density at radius 3 is 2.72 bits per heavy atom. The Hall–Kier alpha value is -2.84. The number of ether oxygens (including phenoxy) is 1. The number of likely N-dealkylation sites (tertiary alicyclic amines) is 1. The number of furan rings is 1. The van der Waals surface area contributed by atoms with Gasteiger partial charge in [0.2, 0.25) is 5.91 Å². The second-order valence-corrected chi connectivity index (χ2v) is 6.21. The molecule has 0 aliphatic carbocycles. The summed E-state index contributed by atoms with van der Waals surface area (Å²) < 4.78 is 10.4. The third kappa shape index (κ3) is 4.82. The highest BCUT2D eigenvalue weighted by molar-refractivity contribution is 5.97. The maximum Gasteiger partial charge on any atom is 0.318 e. The molecule has 1 aliphatic rings. The van der Waals surface area contributed by atoms with Crippen molar-refractivity contribution in [2.75, 3.05) is 6.54 Å². The molecule has 0 saturated carbocycles. The fourth-order valence-electron chi connectivity index (χ4n) is 2.58. The van der Waals surface area contributed by atoms with Crippen LogP contribution in [-0.2, 0) is 25.7 Å².